The lowest BCUT2D eigenvalue weighted by Gasteiger charge is -2.28. The Morgan fingerprint density at radius 2 is 1.85 bits per heavy atom. The molecule has 1 aliphatic rings. The maximum atomic E-state index is 12.4. The average molecular weight is 373 g/mol. The Labute approximate surface area is 158 Å². The van der Waals surface area contributed by atoms with E-state index in [4.69, 9.17) is 4.74 Å². The van der Waals surface area contributed by atoms with E-state index in [1.807, 2.05) is 41.8 Å². The van der Waals surface area contributed by atoms with Crippen molar-refractivity contribution in [1.82, 2.24) is 5.32 Å². The zero-order valence-electron chi connectivity index (χ0n) is 14.8. The lowest BCUT2D eigenvalue weighted by atomic mass is 10.1. The highest BCUT2D eigenvalue weighted by Gasteiger charge is 2.23. The number of benzene rings is 1. The summed E-state index contributed by atoms with van der Waals surface area (Å²) < 4.78 is 5.42. The largest absolute Gasteiger partial charge is 0.370 e. The normalized spacial score (nSPS) is 16.2. The SMILES string of the molecule is O=C(CCC(=O)c1cccs1)N[C@H](C[NH+]1CCOCC1)c1ccccc1. The van der Waals surface area contributed by atoms with Crippen molar-refractivity contribution in [1.29, 1.82) is 0 Å². The van der Waals surface area contributed by atoms with Crippen LogP contribution in [-0.4, -0.2) is 44.5 Å². The van der Waals surface area contributed by atoms with Crippen LogP contribution in [-0.2, 0) is 9.53 Å². The molecule has 0 aliphatic carbocycles. The highest BCUT2D eigenvalue weighted by molar-refractivity contribution is 7.12. The molecule has 0 radical (unpaired) electrons. The van der Waals surface area contributed by atoms with Crippen molar-refractivity contribution in [3.63, 3.8) is 0 Å². The second-order valence-electron chi connectivity index (χ2n) is 6.50. The molecule has 1 atom stereocenters. The third-order valence-electron chi connectivity index (χ3n) is 4.60. The molecule has 1 aromatic carbocycles. The van der Waals surface area contributed by atoms with Gasteiger partial charge in [-0.25, -0.2) is 0 Å². The van der Waals surface area contributed by atoms with E-state index in [1.54, 1.807) is 6.07 Å². The molecule has 2 heterocycles. The van der Waals surface area contributed by atoms with Crippen LogP contribution in [0.3, 0.4) is 0 Å². The summed E-state index contributed by atoms with van der Waals surface area (Å²) in [5.41, 5.74) is 1.10. The summed E-state index contributed by atoms with van der Waals surface area (Å²) in [4.78, 5) is 26.7. The van der Waals surface area contributed by atoms with Crippen molar-refractivity contribution >= 4 is 23.0 Å². The molecule has 1 aromatic heterocycles. The van der Waals surface area contributed by atoms with E-state index in [1.165, 1.54) is 16.2 Å². The van der Waals surface area contributed by atoms with Gasteiger partial charge in [-0.2, -0.15) is 0 Å². The number of carbonyl (C=O) groups excluding carboxylic acids is 2. The first-order chi connectivity index (χ1) is 12.7. The minimum absolute atomic E-state index is 0.0326. The first-order valence-corrected chi connectivity index (χ1v) is 9.92. The van der Waals surface area contributed by atoms with Gasteiger partial charge in [0.25, 0.3) is 0 Å². The fourth-order valence-electron chi connectivity index (χ4n) is 3.14. The third-order valence-corrected chi connectivity index (χ3v) is 5.52. The molecular weight excluding hydrogens is 348 g/mol. The van der Waals surface area contributed by atoms with Gasteiger partial charge >= 0.3 is 0 Å². The molecular formula is C20H25N2O3S+. The Balaban J connectivity index is 1.57. The van der Waals surface area contributed by atoms with E-state index >= 15 is 0 Å². The molecule has 2 N–H and O–H groups in total. The zero-order valence-corrected chi connectivity index (χ0v) is 15.6. The van der Waals surface area contributed by atoms with Gasteiger partial charge in [-0.3, -0.25) is 9.59 Å². The van der Waals surface area contributed by atoms with E-state index in [0.29, 0.717) is 0 Å². The van der Waals surface area contributed by atoms with Crippen molar-refractivity contribution in [2.24, 2.45) is 0 Å². The maximum Gasteiger partial charge on any atom is 0.221 e. The fraction of sp³-hybridized carbons (Fsp3) is 0.400. The number of carbonyl (C=O) groups is 2. The Morgan fingerprint density at radius 1 is 1.08 bits per heavy atom. The van der Waals surface area contributed by atoms with E-state index in [-0.39, 0.29) is 30.6 Å². The molecule has 2 aromatic rings. The number of quaternary nitrogens is 1. The predicted molar refractivity (Wildman–Crippen MR) is 102 cm³/mol. The number of ketones is 1. The van der Waals surface area contributed by atoms with Gasteiger partial charge in [-0.15, -0.1) is 11.3 Å². The van der Waals surface area contributed by atoms with Crippen molar-refractivity contribution in [2.45, 2.75) is 18.9 Å². The molecule has 6 heteroatoms. The quantitative estimate of drug-likeness (QED) is 0.689. The Kier molecular flexibility index (Phi) is 6.94. The maximum absolute atomic E-state index is 12.4. The molecule has 0 saturated carbocycles. The highest BCUT2D eigenvalue weighted by atomic mass is 32.1. The molecule has 0 bridgehead atoms. The van der Waals surface area contributed by atoms with Crippen molar-refractivity contribution in [3.8, 4) is 0 Å². The number of amides is 1. The van der Waals surface area contributed by atoms with Crippen molar-refractivity contribution in [3.05, 3.63) is 58.3 Å². The van der Waals surface area contributed by atoms with Gasteiger partial charge in [-0.1, -0.05) is 36.4 Å². The van der Waals surface area contributed by atoms with Crippen LogP contribution in [0.1, 0.15) is 34.1 Å². The molecule has 3 rings (SSSR count). The van der Waals surface area contributed by atoms with Gasteiger partial charge < -0.3 is 15.0 Å². The predicted octanol–water partition coefficient (Wildman–Crippen LogP) is 1.48. The molecule has 0 unspecified atom stereocenters. The summed E-state index contributed by atoms with van der Waals surface area (Å²) in [5, 5.41) is 5.01. The van der Waals surface area contributed by atoms with Crippen molar-refractivity contribution in [2.75, 3.05) is 32.8 Å². The molecule has 1 fully saturated rings. The van der Waals surface area contributed by atoms with Gasteiger partial charge in [0, 0.05) is 12.8 Å². The van der Waals surface area contributed by atoms with Crippen LogP contribution in [0.15, 0.2) is 47.8 Å². The summed E-state index contributed by atoms with van der Waals surface area (Å²) in [7, 11) is 0. The van der Waals surface area contributed by atoms with E-state index in [9.17, 15) is 9.59 Å². The summed E-state index contributed by atoms with van der Waals surface area (Å²) in [5.74, 6) is -0.0402. The zero-order chi connectivity index (χ0) is 18.2. The van der Waals surface area contributed by atoms with Gasteiger partial charge in [0.2, 0.25) is 5.91 Å². The topological polar surface area (TPSA) is 59.8 Å². The summed E-state index contributed by atoms with van der Waals surface area (Å²) >= 11 is 1.42. The monoisotopic (exact) mass is 373 g/mol. The minimum atomic E-state index is -0.0728. The first-order valence-electron chi connectivity index (χ1n) is 9.04. The second kappa shape index (κ2) is 9.62. The number of hydrogen-bond acceptors (Lipinski definition) is 4. The van der Waals surface area contributed by atoms with E-state index in [0.717, 1.165) is 43.3 Å². The third kappa shape index (κ3) is 5.49. The lowest BCUT2D eigenvalue weighted by Crippen LogP contribution is -3.14. The van der Waals surface area contributed by atoms with E-state index < -0.39 is 0 Å². The number of ether oxygens (including phenoxy) is 1. The Hall–Kier alpha value is -2.02. The smallest absolute Gasteiger partial charge is 0.221 e. The van der Waals surface area contributed by atoms with Gasteiger partial charge in [0.05, 0.1) is 18.1 Å². The number of morpholine rings is 1. The van der Waals surface area contributed by atoms with Crippen LogP contribution in [0.5, 0.6) is 0 Å². The van der Waals surface area contributed by atoms with Gasteiger partial charge in [-0.05, 0) is 17.0 Å². The van der Waals surface area contributed by atoms with Crippen LogP contribution in [0, 0.1) is 0 Å². The summed E-state index contributed by atoms with van der Waals surface area (Å²) in [6.45, 7) is 4.27. The molecule has 5 nitrogen and oxygen atoms in total. The molecule has 1 saturated heterocycles. The second-order valence-corrected chi connectivity index (χ2v) is 7.45. The molecule has 138 valence electrons. The van der Waals surface area contributed by atoms with Crippen LogP contribution in [0.4, 0.5) is 0 Å². The summed E-state index contributed by atoms with van der Waals surface area (Å²) in [6.07, 6.45) is 0.469. The number of nitrogens with one attached hydrogen (secondary N) is 2. The number of rotatable bonds is 8. The molecule has 1 aliphatic heterocycles. The van der Waals surface area contributed by atoms with E-state index in [2.05, 4.69) is 5.32 Å². The standard InChI is InChI=1S/C20H24N2O3S/c23-18(19-7-4-14-26-19)8-9-20(24)21-17(16-5-2-1-3-6-16)15-22-10-12-25-13-11-22/h1-7,14,17H,8-13,15H2,(H,21,24)/p+1/t17-/m1/s1. The van der Waals surface area contributed by atoms with Crippen LogP contribution in [0.25, 0.3) is 0 Å². The Morgan fingerprint density at radius 3 is 2.54 bits per heavy atom. The van der Waals surface area contributed by atoms with Gasteiger partial charge in [0.1, 0.15) is 25.7 Å². The summed E-state index contributed by atoms with van der Waals surface area (Å²) in [6, 6.07) is 13.7. The lowest BCUT2D eigenvalue weighted by molar-refractivity contribution is -0.909. The van der Waals surface area contributed by atoms with Gasteiger partial charge in [0.15, 0.2) is 5.78 Å². The first kappa shape index (κ1) is 18.8. The number of Topliss-reactive ketones (excluding diaryl/α,β-unsaturated/α-hetero) is 1. The van der Waals surface area contributed by atoms with Crippen LogP contribution >= 0.6 is 11.3 Å². The van der Waals surface area contributed by atoms with Crippen molar-refractivity contribution < 1.29 is 19.2 Å². The highest BCUT2D eigenvalue weighted by Crippen LogP contribution is 2.14. The molecule has 0 spiro atoms. The Bertz CT molecular complexity index is 697. The minimum Gasteiger partial charge on any atom is -0.370 e. The fourth-order valence-corrected chi connectivity index (χ4v) is 3.84. The molecule has 26 heavy (non-hydrogen) atoms. The average Bonchev–Trinajstić information content (AvgIpc) is 3.22. The van der Waals surface area contributed by atoms with Crippen LogP contribution < -0.4 is 10.2 Å². The molecule has 1 amide bonds. The number of thiophene rings is 1. The van der Waals surface area contributed by atoms with Crippen LogP contribution in [0.2, 0.25) is 0 Å². The number of hydrogen-bond donors (Lipinski definition) is 2.